The molecule has 0 saturated carbocycles. The van der Waals surface area contributed by atoms with Gasteiger partial charge in [-0.1, -0.05) is 35.9 Å². The van der Waals surface area contributed by atoms with Gasteiger partial charge in [0.15, 0.2) is 17.8 Å². The second-order valence-corrected chi connectivity index (χ2v) is 10.4. The van der Waals surface area contributed by atoms with Gasteiger partial charge in [-0.2, -0.15) is 13.2 Å². The van der Waals surface area contributed by atoms with Crippen LogP contribution in [-0.2, 0) is 16.2 Å². The molecule has 0 aromatic heterocycles. The van der Waals surface area contributed by atoms with Crippen LogP contribution in [0.2, 0.25) is 5.02 Å². The fourth-order valence-corrected chi connectivity index (χ4v) is 5.53. The summed E-state index contributed by atoms with van der Waals surface area (Å²) in [5.74, 6) is 0.439. The minimum Gasteiger partial charge on any atom is -0.491 e. The quantitative estimate of drug-likeness (QED) is 0.357. The van der Waals surface area contributed by atoms with E-state index >= 15 is 0 Å². The number of quaternary nitrogens is 1. The fourth-order valence-electron chi connectivity index (χ4n) is 3.98. The van der Waals surface area contributed by atoms with E-state index < -0.39 is 21.8 Å². The molecule has 0 saturated heterocycles. The molecule has 1 N–H and O–H groups in total. The standard InChI is InChI=1S/C25H22ClF3N3O3S/c1-16-14-32(2,15-30-16)22-11-9-18(13-23(22)35-3)31-36(33,34)24-7-5-4-6-20(24)19-10-8-17(12-21(19)26)25(27,28)29/h4-15,31H,1-3H3/q+1. The molecule has 0 aliphatic carbocycles. The van der Waals surface area contributed by atoms with Crippen LogP contribution in [-0.4, -0.2) is 28.9 Å². The molecule has 1 heterocycles. The molecule has 1 atom stereocenters. The summed E-state index contributed by atoms with van der Waals surface area (Å²) in [5.41, 5.74) is 1.23. The first-order chi connectivity index (χ1) is 16.8. The Balaban J connectivity index is 1.71. The lowest BCUT2D eigenvalue weighted by atomic mass is 10.0. The van der Waals surface area contributed by atoms with E-state index in [1.54, 1.807) is 30.6 Å². The molecule has 4 rings (SSSR count). The number of allylic oxidation sites excluding steroid dienone is 1. The molecule has 0 bridgehead atoms. The van der Waals surface area contributed by atoms with Gasteiger partial charge in [-0.25, -0.2) is 17.9 Å². The van der Waals surface area contributed by atoms with Gasteiger partial charge in [0.2, 0.25) is 0 Å². The summed E-state index contributed by atoms with van der Waals surface area (Å²) in [6.45, 7) is 1.87. The highest BCUT2D eigenvalue weighted by atomic mass is 35.5. The van der Waals surface area contributed by atoms with Crippen LogP contribution in [0.1, 0.15) is 12.5 Å². The Morgan fingerprint density at radius 1 is 1.03 bits per heavy atom. The van der Waals surface area contributed by atoms with Crippen molar-refractivity contribution in [2.45, 2.75) is 18.0 Å². The van der Waals surface area contributed by atoms with E-state index in [1.807, 2.05) is 20.2 Å². The fraction of sp³-hybridized carbons (Fsp3) is 0.160. The number of ether oxygens (including phenoxy) is 1. The zero-order valence-corrected chi connectivity index (χ0v) is 21.0. The van der Waals surface area contributed by atoms with Crippen LogP contribution in [0.4, 0.5) is 24.5 Å². The van der Waals surface area contributed by atoms with E-state index in [0.717, 1.165) is 29.6 Å². The molecule has 3 aromatic carbocycles. The van der Waals surface area contributed by atoms with Crippen molar-refractivity contribution in [3.63, 3.8) is 0 Å². The van der Waals surface area contributed by atoms with Gasteiger partial charge in [0, 0.05) is 28.3 Å². The minimum absolute atomic E-state index is 0.140. The number of sulfonamides is 1. The summed E-state index contributed by atoms with van der Waals surface area (Å²) in [6, 6.07) is 13.6. The summed E-state index contributed by atoms with van der Waals surface area (Å²) in [7, 11) is -0.768. The number of anilines is 1. The number of halogens is 4. The van der Waals surface area contributed by atoms with Crippen molar-refractivity contribution >= 4 is 39.3 Å². The third kappa shape index (κ3) is 4.97. The second-order valence-electron chi connectivity index (χ2n) is 8.34. The smallest absolute Gasteiger partial charge is 0.416 e. The number of aliphatic imine (C=N–C) groups is 1. The average Bonchev–Trinajstić information content (AvgIpc) is 3.17. The Kier molecular flexibility index (Phi) is 6.63. The van der Waals surface area contributed by atoms with Gasteiger partial charge in [0.1, 0.15) is 6.20 Å². The molecule has 1 aliphatic rings. The lowest BCUT2D eigenvalue weighted by Crippen LogP contribution is -2.35. The molecule has 3 aromatic rings. The molecular formula is C25H22ClF3N3O3S+. The lowest BCUT2D eigenvalue weighted by Gasteiger charge is -2.23. The Morgan fingerprint density at radius 3 is 2.36 bits per heavy atom. The van der Waals surface area contributed by atoms with Gasteiger partial charge in [0.25, 0.3) is 10.0 Å². The van der Waals surface area contributed by atoms with Gasteiger partial charge >= 0.3 is 6.18 Å². The summed E-state index contributed by atoms with van der Waals surface area (Å²) in [4.78, 5) is 4.16. The first-order valence-corrected chi connectivity index (χ1v) is 12.5. The molecule has 11 heteroatoms. The van der Waals surface area contributed by atoms with Gasteiger partial charge in [-0.05, 0) is 31.2 Å². The Bertz CT molecular complexity index is 1500. The normalized spacial score (nSPS) is 17.7. The maximum atomic E-state index is 13.4. The SMILES string of the molecule is COc1cc(NS(=O)(=O)c2ccccc2-c2ccc(C(F)(F)F)cc2Cl)ccc1[N+]1(C)C=NC(C)=C1. The molecule has 0 spiro atoms. The third-order valence-corrected chi connectivity index (χ3v) is 7.42. The second kappa shape index (κ2) is 9.27. The number of methoxy groups -OCH3 is 1. The number of hydrogen-bond donors (Lipinski definition) is 1. The molecule has 188 valence electrons. The van der Waals surface area contributed by atoms with Crippen LogP contribution >= 0.6 is 11.6 Å². The van der Waals surface area contributed by atoms with E-state index in [-0.39, 0.29) is 31.2 Å². The number of nitrogens with one attached hydrogen (secondary N) is 1. The third-order valence-electron chi connectivity index (χ3n) is 5.67. The predicted molar refractivity (Wildman–Crippen MR) is 136 cm³/mol. The van der Waals surface area contributed by atoms with Crippen LogP contribution in [0.3, 0.4) is 0 Å². The molecule has 0 amide bonds. The summed E-state index contributed by atoms with van der Waals surface area (Å²) in [6.07, 6.45) is -0.915. The predicted octanol–water partition coefficient (Wildman–Crippen LogP) is 6.68. The van der Waals surface area contributed by atoms with Crippen molar-refractivity contribution in [3.05, 3.63) is 83.1 Å². The maximum absolute atomic E-state index is 13.4. The topological polar surface area (TPSA) is 67.8 Å². The van der Waals surface area contributed by atoms with E-state index in [9.17, 15) is 21.6 Å². The van der Waals surface area contributed by atoms with Crippen LogP contribution in [0.15, 0.2) is 82.4 Å². The molecule has 0 radical (unpaired) electrons. The summed E-state index contributed by atoms with van der Waals surface area (Å²) in [5, 5.41) is -0.217. The average molecular weight is 537 g/mol. The molecule has 0 fully saturated rings. The van der Waals surface area contributed by atoms with Crippen LogP contribution in [0.5, 0.6) is 5.75 Å². The first-order valence-electron chi connectivity index (χ1n) is 10.6. The molecule has 36 heavy (non-hydrogen) atoms. The maximum Gasteiger partial charge on any atom is 0.416 e. The number of alkyl halides is 3. The van der Waals surface area contributed by atoms with Gasteiger partial charge in [0.05, 0.1) is 36.0 Å². The largest absolute Gasteiger partial charge is 0.491 e. The van der Waals surface area contributed by atoms with Crippen molar-refractivity contribution in [1.29, 1.82) is 0 Å². The Hall–Kier alpha value is -3.34. The first kappa shape index (κ1) is 25.7. The van der Waals surface area contributed by atoms with Gasteiger partial charge in [-0.15, -0.1) is 0 Å². The van der Waals surface area contributed by atoms with E-state index in [2.05, 4.69) is 9.71 Å². The van der Waals surface area contributed by atoms with Gasteiger partial charge in [-0.3, -0.25) is 4.72 Å². The highest BCUT2D eigenvalue weighted by molar-refractivity contribution is 7.92. The highest BCUT2D eigenvalue weighted by Gasteiger charge is 2.32. The number of hydrogen-bond acceptors (Lipinski definition) is 4. The highest BCUT2D eigenvalue weighted by Crippen LogP contribution is 2.39. The number of benzene rings is 3. The number of rotatable bonds is 6. The monoisotopic (exact) mass is 536 g/mol. The van der Waals surface area contributed by atoms with Crippen molar-refractivity contribution in [3.8, 4) is 16.9 Å². The van der Waals surface area contributed by atoms with Crippen molar-refractivity contribution < 1.29 is 26.3 Å². The molecule has 1 aliphatic heterocycles. The molecule has 6 nitrogen and oxygen atoms in total. The van der Waals surface area contributed by atoms with E-state index in [0.29, 0.717) is 5.75 Å². The Morgan fingerprint density at radius 2 is 1.75 bits per heavy atom. The molecular weight excluding hydrogens is 515 g/mol. The van der Waals surface area contributed by atoms with Crippen molar-refractivity contribution in [1.82, 2.24) is 4.48 Å². The number of nitrogens with zero attached hydrogens (tertiary/aromatic N) is 2. The van der Waals surface area contributed by atoms with Crippen LogP contribution in [0, 0.1) is 0 Å². The zero-order valence-electron chi connectivity index (χ0n) is 19.5. The minimum atomic E-state index is -4.57. The van der Waals surface area contributed by atoms with Crippen LogP contribution in [0.25, 0.3) is 11.1 Å². The summed E-state index contributed by atoms with van der Waals surface area (Å²) >= 11 is 6.15. The lowest BCUT2D eigenvalue weighted by molar-refractivity contribution is -0.137. The van der Waals surface area contributed by atoms with E-state index in [1.165, 1.54) is 25.3 Å². The summed E-state index contributed by atoms with van der Waals surface area (Å²) < 4.78 is 74.2. The Labute approximate surface area is 211 Å². The van der Waals surface area contributed by atoms with Crippen LogP contribution < -0.4 is 13.9 Å². The van der Waals surface area contributed by atoms with Gasteiger partial charge < -0.3 is 4.74 Å². The van der Waals surface area contributed by atoms with Crippen molar-refractivity contribution in [2.75, 3.05) is 18.9 Å². The molecule has 1 unspecified atom stereocenters. The van der Waals surface area contributed by atoms with Crippen molar-refractivity contribution in [2.24, 2.45) is 4.99 Å². The zero-order chi connectivity index (χ0) is 26.3. The van der Waals surface area contributed by atoms with E-state index in [4.69, 9.17) is 16.3 Å².